The van der Waals surface area contributed by atoms with Crippen molar-refractivity contribution >= 4 is 0 Å². The highest BCUT2D eigenvalue weighted by Gasteiger charge is 2.16. The molecule has 0 spiro atoms. The van der Waals surface area contributed by atoms with E-state index in [9.17, 15) is 0 Å². The van der Waals surface area contributed by atoms with E-state index >= 15 is 0 Å². The fourth-order valence-corrected chi connectivity index (χ4v) is 2.42. The zero-order valence-electron chi connectivity index (χ0n) is 11.6. The zero-order valence-corrected chi connectivity index (χ0v) is 11.6. The maximum Gasteiger partial charge on any atom is 0.0283 e. The first-order valence-corrected chi connectivity index (χ1v) is 6.74. The Kier molecular flexibility index (Phi) is 4.63. The van der Waals surface area contributed by atoms with Crippen LogP contribution in [-0.2, 0) is 0 Å². The summed E-state index contributed by atoms with van der Waals surface area (Å²) < 4.78 is 0. The number of terminal acetylenes is 1. The van der Waals surface area contributed by atoms with Crippen LogP contribution in [0, 0.1) is 12.3 Å². The van der Waals surface area contributed by atoms with Crippen molar-refractivity contribution in [3.05, 3.63) is 84.2 Å². The lowest BCUT2D eigenvalue weighted by Gasteiger charge is -2.23. The van der Waals surface area contributed by atoms with Gasteiger partial charge in [0.2, 0.25) is 0 Å². The van der Waals surface area contributed by atoms with Crippen LogP contribution in [-0.4, -0.2) is 0 Å². The van der Waals surface area contributed by atoms with E-state index in [1.54, 1.807) is 0 Å². The molecule has 1 nitrogen and oxygen atoms in total. The molecule has 0 fully saturated rings. The van der Waals surface area contributed by atoms with Crippen LogP contribution in [0.15, 0.2) is 73.1 Å². The minimum Gasteiger partial charge on any atom is -0.362 e. The quantitative estimate of drug-likeness (QED) is 0.616. The second-order valence-electron chi connectivity index (χ2n) is 4.75. The van der Waals surface area contributed by atoms with Gasteiger partial charge >= 0.3 is 0 Å². The second kappa shape index (κ2) is 6.63. The van der Waals surface area contributed by atoms with Gasteiger partial charge in [-0.05, 0) is 11.6 Å². The molecule has 0 aliphatic carbocycles. The molecule has 1 aliphatic heterocycles. The van der Waals surface area contributed by atoms with E-state index in [4.69, 9.17) is 6.42 Å². The van der Waals surface area contributed by atoms with Gasteiger partial charge in [-0.2, -0.15) is 0 Å². The van der Waals surface area contributed by atoms with Crippen LogP contribution in [0.4, 0.5) is 0 Å². The Bertz CT molecular complexity index is 585. The van der Waals surface area contributed by atoms with E-state index in [0.29, 0.717) is 0 Å². The number of rotatable bonds is 5. The van der Waals surface area contributed by atoms with Crippen LogP contribution in [0.25, 0.3) is 0 Å². The molecule has 2 rings (SSSR count). The highest BCUT2D eigenvalue weighted by atomic mass is 14.9. The van der Waals surface area contributed by atoms with Crippen LogP contribution < -0.4 is 5.32 Å². The predicted molar refractivity (Wildman–Crippen MR) is 86.0 cm³/mol. The number of dihydropyridines is 1. The van der Waals surface area contributed by atoms with Gasteiger partial charge in [-0.3, -0.25) is 0 Å². The number of nitrogens with one attached hydrogen (secondary N) is 1. The van der Waals surface area contributed by atoms with Crippen molar-refractivity contribution in [1.82, 2.24) is 5.32 Å². The third-order valence-corrected chi connectivity index (χ3v) is 3.29. The summed E-state index contributed by atoms with van der Waals surface area (Å²) in [5.74, 6) is 2.97. The topological polar surface area (TPSA) is 12.0 Å². The fourth-order valence-electron chi connectivity index (χ4n) is 2.42. The van der Waals surface area contributed by atoms with Gasteiger partial charge in [0.05, 0.1) is 0 Å². The van der Waals surface area contributed by atoms with Crippen LogP contribution in [0.2, 0.25) is 0 Å². The van der Waals surface area contributed by atoms with E-state index in [2.05, 4.69) is 42.6 Å². The van der Waals surface area contributed by atoms with Crippen molar-refractivity contribution in [2.24, 2.45) is 0 Å². The molecule has 20 heavy (non-hydrogen) atoms. The van der Waals surface area contributed by atoms with E-state index in [0.717, 1.165) is 29.8 Å². The Balaban J connectivity index is 2.40. The molecule has 1 aliphatic rings. The predicted octanol–water partition coefficient (Wildman–Crippen LogP) is 4.27. The Morgan fingerprint density at radius 3 is 2.25 bits per heavy atom. The Hall–Kier alpha value is -2.46. The summed E-state index contributed by atoms with van der Waals surface area (Å²) in [7, 11) is 0. The molecule has 0 radical (unpaired) electrons. The molecule has 0 unspecified atom stereocenters. The third-order valence-electron chi connectivity index (χ3n) is 3.29. The average Bonchev–Trinajstić information content (AvgIpc) is 2.47. The van der Waals surface area contributed by atoms with Gasteiger partial charge in [-0.15, -0.1) is 19.6 Å². The molecule has 0 saturated carbocycles. The number of allylic oxidation sites excluding steroid dienone is 4. The largest absolute Gasteiger partial charge is 0.362 e. The number of benzene rings is 1. The van der Waals surface area contributed by atoms with E-state index in [1.807, 2.05) is 30.4 Å². The lowest BCUT2D eigenvalue weighted by molar-refractivity contribution is 0.819. The molecule has 0 bridgehead atoms. The first-order chi connectivity index (χ1) is 9.78. The summed E-state index contributed by atoms with van der Waals surface area (Å²) in [6.07, 6.45) is 15.5. The molecule has 1 N–H and O–H groups in total. The molecular weight excluding hydrogens is 242 g/mol. The molecule has 0 saturated heterocycles. The molecule has 1 aromatic rings. The smallest absolute Gasteiger partial charge is 0.0283 e. The third kappa shape index (κ3) is 3.10. The van der Waals surface area contributed by atoms with Crippen LogP contribution in [0.1, 0.15) is 29.9 Å². The minimum atomic E-state index is 0.202. The van der Waals surface area contributed by atoms with Gasteiger partial charge in [-0.1, -0.05) is 48.4 Å². The Labute approximate surface area is 121 Å². The van der Waals surface area contributed by atoms with E-state index < -0.39 is 0 Å². The highest BCUT2D eigenvalue weighted by Crippen LogP contribution is 2.29. The van der Waals surface area contributed by atoms with Crippen molar-refractivity contribution in [3.8, 4) is 12.3 Å². The monoisotopic (exact) mass is 261 g/mol. The number of hydrogen-bond donors (Lipinski definition) is 1. The molecule has 1 heterocycles. The molecule has 0 atom stereocenters. The molecule has 0 aromatic heterocycles. The van der Waals surface area contributed by atoms with Crippen molar-refractivity contribution in [2.75, 3.05) is 0 Å². The highest BCUT2D eigenvalue weighted by molar-refractivity contribution is 5.47. The second-order valence-corrected chi connectivity index (χ2v) is 4.75. The average molecular weight is 261 g/mol. The van der Waals surface area contributed by atoms with Crippen molar-refractivity contribution in [3.63, 3.8) is 0 Å². The van der Waals surface area contributed by atoms with Crippen LogP contribution >= 0.6 is 0 Å². The summed E-state index contributed by atoms with van der Waals surface area (Å²) in [6, 6.07) is 8.08. The van der Waals surface area contributed by atoms with E-state index in [1.165, 1.54) is 5.56 Å². The molecular formula is C19H19N. The SMILES string of the molecule is C#Cc1ccccc1C1C=C(CC=C)NC(CC=C)=C1. The lowest BCUT2D eigenvalue weighted by Crippen LogP contribution is -2.18. The van der Waals surface area contributed by atoms with E-state index in [-0.39, 0.29) is 5.92 Å². The van der Waals surface area contributed by atoms with Crippen LogP contribution in [0.3, 0.4) is 0 Å². The van der Waals surface area contributed by atoms with Gasteiger partial charge < -0.3 is 5.32 Å². The first-order valence-electron chi connectivity index (χ1n) is 6.74. The maximum absolute atomic E-state index is 5.60. The van der Waals surface area contributed by atoms with Crippen molar-refractivity contribution < 1.29 is 0 Å². The van der Waals surface area contributed by atoms with Crippen molar-refractivity contribution in [2.45, 2.75) is 18.8 Å². The lowest BCUT2D eigenvalue weighted by atomic mass is 9.90. The molecule has 0 amide bonds. The van der Waals surface area contributed by atoms with Crippen molar-refractivity contribution in [1.29, 1.82) is 0 Å². The summed E-state index contributed by atoms with van der Waals surface area (Å²) >= 11 is 0. The standard InChI is InChI=1S/C19H19N/c1-4-9-17-13-16(14-18(20-17)10-5-2)19-12-8-7-11-15(19)6-3/h3-5,7-8,11-14,16,20H,1-2,9-10H2. The first kappa shape index (κ1) is 14.0. The fraction of sp³-hybridized carbons (Fsp3) is 0.158. The summed E-state index contributed by atoms with van der Waals surface area (Å²) in [4.78, 5) is 0. The normalized spacial score (nSPS) is 14.6. The summed E-state index contributed by atoms with van der Waals surface area (Å²) in [5.41, 5.74) is 4.44. The zero-order chi connectivity index (χ0) is 14.4. The molecule has 1 heteroatoms. The van der Waals surface area contributed by atoms with Gasteiger partial charge in [0.15, 0.2) is 0 Å². The Morgan fingerprint density at radius 2 is 1.70 bits per heavy atom. The Morgan fingerprint density at radius 1 is 1.10 bits per heavy atom. The van der Waals surface area contributed by atoms with Gasteiger partial charge in [0, 0.05) is 35.7 Å². The van der Waals surface area contributed by atoms with Gasteiger partial charge in [0.1, 0.15) is 0 Å². The van der Waals surface area contributed by atoms with Crippen LogP contribution in [0.5, 0.6) is 0 Å². The summed E-state index contributed by atoms with van der Waals surface area (Å²) in [6.45, 7) is 7.61. The van der Waals surface area contributed by atoms with Gasteiger partial charge in [0.25, 0.3) is 0 Å². The number of hydrogen-bond acceptors (Lipinski definition) is 1. The minimum absolute atomic E-state index is 0.202. The molecule has 100 valence electrons. The molecule has 1 aromatic carbocycles. The van der Waals surface area contributed by atoms with Gasteiger partial charge in [-0.25, -0.2) is 0 Å². The maximum atomic E-state index is 5.60. The summed E-state index contributed by atoms with van der Waals surface area (Å²) in [5, 5.41) is 3.42.